The molecule has 0 saturated carbocycles. The topological polar surface area (TPSA) is 74.3 Å². The van der Waals surface area contributed by atoms with Crippen LogP contribution in [0, 0.1) is 13.8 Å². The van der Waals surface area contributed by atoms with Gasteiger partial charge in [-0.2, -0.15) is 0 Å². The summed E-state index contributed by atoms with van der Waals surface area (Å²) in [5.74, 6) is -0.559. The molecule has 0 bridgehead atoms. The molecule has 0 saturated heterocycles. The molecule has 30 heavy (non-hydrogen) atoms. The summed E-state index contributed by atoms with van der Waals surface area (Å²) >= 11 is -1.55. The number of nitrogens with one attached hydrogen (secondary N) is 1. The summed E-state index contributed by atoms with van der Waals surface area (Å²) in [4.78, 5) is 16.1. The fraction of sp³-hybridized carbons (Fsp3) is 0.455. The molecule has 1 N–H and O–H groups in total. The van der Waals surface area contributed by atoms with E-state index in [-0.39, 0.29) is 12.1 Å². The Kier molecular flexibility index (Phi) is 7.96. The molecule has 0 aliphatic heterocycles. The standard InChI is InChI=1S/C22H28F2N2O3S/c1-13-8-7-9-14(2)20(13)15-10-16(25-18(11-15)21(23)24)17(12-19(27)29-6)26-30(28)22(3,4)5/h7-11,17,21,26H,12H2,1-6H3/t17-,30?/m1/s1. The van der Waals surface area contributed by atoms with Crippen molar-refractivity contribution >= 4 is 17.3 Å². The maximum Gasteiger partial charge on any atom is 0.307 e. The molecule has 0 radical (unpaired) electrons. The van der Waals surface area contributed by atoms with Gasteiger partial charge in [-0.05, 0) is 69.0 Å². The van der Waals surface area contributed by atoms with Crippen molar-refractivity contribution in [3.8, 4) is 11.1 Å². The van der Waals surface area contributed by atoms with Gasteiger partial charge in [0.15, 0.2) is 0 Å². The van der Waals surface area contributed by atoms with Gasteiger partial charge in [-0.3, -0.25) is 4.79 Å². The van der Waals surface area contributed by atoms with Gasteiger partial charge in [-0.25, -0.2) is 13.8 Å². The quantitative estimate of drug-likeness (QED) is 0.489. The van der Waals surface area contributed by atoms with Gasteiger partial charge in [0.05, 0.1) is 19.2 Å². The van der Waals surface area contributed by atoms with Gasteiger partial charge in [-0.15, -0.1) is 4.72 Å². The van der Waals surface area contributed by atoms with Crippen molar-refractivity contribution in [3.05, 3.63) is 52.8 Å². The molecule has 5 nitrogen and oxygen atoms in total. The summed E-state index contributed by atoms with van der Waals surface area (Å²) < 4.78 is 47.0. The molecule has 0 aliphatic carbocycles. The second kappa shape index (κ2) is 9.85. The van der Waals surface area contributed by atoms with E-state index in [1.807, 2.05) is 32.0 Å². The van der Waals surface area contributed by atoms with Crippen molar-refractivity contribution in [2.24, 2.45) is 0 Å². The van der Waals surface area contributed by atoms with E-state index in [1.54, 1.807) is 26.8 Å². The predicted molar refractivity (Wildman–Crippen MR) is 115 cm³/mol. The van der Waals surface area contributed by atoms with E-state index in [2.05, 4.69) is 9.71 Å². The van der Waals surface area contributed by atoms with Crippen molar-refractivity contribution in [1.82, 2.24) is 9.71 Å². The second-order valence-electron chi connectivity index (χ2n) is 8.10. The van der Waals surface area contributed by atoms with Gasteiger partial charge in [0.1, 0.15) is 16.5 Å². The molecule has 0 aliphatic rings. The zero-order valence-corrected chi connectivity index (χ0v) is 18.9. The molecule has 0 amide bonds. The summed E-state index contributed by atoms with van der Waals surface area (Å²) in [5.41, 5.74) is 3.09. The van der Waals surface area contributed by atoms with Crippen molar-refractivity contribution in [2.75, 3.05) is 7.11 Å². The van der Waals surface area contributed by atoms with Crippen LogP contribution in [0.2, 0.25) is 0 Å². The van der Waals surface area contributed by atoms with E-state index < -0.39 is 40.2 Å². The van der Waals surface area contributed by atoms with Crippen LogP contribution in [0.4, 0.5) is 8.78 Å². The van der Waals surface area contributed by atoms with Gasteiger partial charge in [-0.1, -0.05) is 18.2 Å². The van der Waals surface area contributed by atoms with Crippen LogP contribution in [0.25, 0.3) is 11.1 Å². The molecule has 0 spiro atoms. The summed E-state index contributed by atoms with van der Waals surface area (Å²) in [6.45, 7) is 9.13. The number of aryl methyl sites for hydroxylation is 2. The molecular formula is C22H28F2N2O3S. The maximum absolute atomic E-state index is 13.7. The van der Waals surface area contributed by atoms with Crippen LogP contribution in [0.1, 0.15) is 62.2 Å². The number of ether oxygens (including phenoxy) is 1. The largest absolute Gasteiger partial charge is 0.598 e. The zero-order valence-electron chi connectivity index (χ0n) is 18.1. The number of alkyl halides is 2. The van der Waals surface area contributed by atoms with E-state index in [0.717, 1.165) is 16.7 Å². The lowest BCUT2D eigenvalue weighted by Crippen LogP contribution is -2.42. The van der Waals surface area contributed by atoms with E-state index in [9.17, 15) is 18.1 Å². The van der Waals surface area contributed by atoms with Crippen LogP contribution in [-0.2, 0) is 20.9 Å². The molecule has 1 heterocycles. The van der Waals surface area contributed by atoms with E-state index in [1.165, 1.54) is 13.2 Å². The Hall–Kier alpha value is -2.03. The summed E-state index contributed by atoms with van der Waals surface area (Å²) in [6, 6.07) is 7.89. The number of pyridine rings is 1. The lowest BCUT2D eigenvalue weighted by atomic mass is 9.94. The lowest BCUT2D eigenvalue weighted by molar-refractivity contribution is -0.141. The van der Waals surface area contributed by atoms with Crippen molar-refractivity contribution in [3.63, 3.8) is 0 Å². The molecule has 1 unspecified atom stereocenters. The number of carbonyl (C=O) groups excluding carboxylic acids is 1. The number of halogens is 2. The Balaban J connectivity index is 2.62. The Bertz CT molecular complexity index is 880. The summed E-state index contributed by atoms with van der Waals surface area (Å²) in [6.07, 6.45) is -2.98. The number of rotatable bonds is 7. The van der Waals surface area contributed by atoms with Crippen LogP contribution in [0.15, 0.2) is 30.3 Å². The Morgan fingerprint density at radius 3 is 2.27 bits per heavy atom. The average molecular weight is 439 g/mol. The van der Waals surface area contributed by atoms with E-state index in [0.29, 0.717) is 5.56 Å². The zero-order chi connectivity index (χ0) is 22.6. The SMILES string of the molecule is COC(=O)C[C@@H](N[S+]([O-])C(C)(C)C)c1cc(-c2c(C)cccc2C)cc(C(F)F)n1. The minimum Gasteiger partial charge on any atom is -0.598 e. The minimum atomic E-state index is -2.79. The molecule has 1 aromatic heterocycles. The minimum absolute atomic E-state index is 0.190. The third-order valence-corrected chi connectivity index (χ3v) is 6.23. The lowest BCUT2D eigenvalue weighted by Gasteiger charge is -2.27. The maximum atomic E-state index is 13.7. The number of nitrogens with zero attached hydrogens (tertiary/aromatic N) is 1. The number of benzene rings is 1. The van der Waals surface area contributed by atoms with Crippen LogP contribution < -0.4 is 4.72 Å². The summed E-state index contributed by atoms with van der Waals surface area (Å²) in [5, 5.41) is 0. The Morgan fingerprint density at radius 1 is 1.20 bits per heavy atom. The average Bonchev–Trinajstić information content (AvgIpc) is 2.66. The number of methoxy groups -OCH3 is 1. The number of aromatic nitrogens is 1. The van der Waals surface area contributed by atoms with Gasteiger partial charge < -0.3 is 9.29 Å². The van der Waals surface area contributed by atoms with Crippen LogP contribution in [0.5, 0.6) is 0 Å². The van der Waals surface area contributed by atoms with Crippen LogP contribution >= 0.6 is 0 Å². The predicted octanol–water partition coefficient (Wildman–Crippen LogP) is 4.96. The normalized spacial score (nSPS) is 13.9. The van der Waals surface area contributed by atoms with Gasteiger partial charge in [0.25, 0.3) is 6.43 Å². The first-order chi connectivity index (χ1) is 13.9. The van der Waals surface area contributed by atoms with Crippen LogP contribution in [0.3, 0.4) is 0 Å². The fourth-order valence-corrected chi connectivity index (χ4v) is 3.86. The number of carbonyl (C=O) groups is 1. The van der Waals surface area contributed by atoms with Gasteiger partial charge in [0, 0.05) is 11.4 Å². The van der Waals surface area contributed by atoms with Crippen molar-refractivity contribution in [1.29, 1.82) is 0 Å². The first-order valence-corrected chi connectivity index (χ1v) is 10.7. The molecular weight excluding hydrogens is 410 g/mol. The second-order valence-corrected chi connectivity index (χ2v) is 10.1. The summed E-state index contributed by atoms with van der Waals surface area (Å²) in [7, 11) is 1.24. The number of hydrogen-bond donors (Lipinski definition) is 1. The monoisotopic (exact) mass is 438 g/mol. The molecule has 2 aromatic rings. The first-order valence-electron chi connectivity index (χ1n) is 9.55. The molecule has 2 atom stereocenters. The fourth-order valence-electron chi connectivity index (χ4n) is 3.04. The Morgan fingerprint density at radius 2 is 1.77 bits per heavy atom. The third kappa shape index (κ3) is 6.00. The Labute approximate surface area is 179 Å². The highest BCUT2D eigenvalue weighted by atomic mass is 32.2. The first kappa shape index (κ1) is 24.2. The van der Waals surface area contributed by atoms with Gasteiger partial charge in [0.2, 0.25) is 0 Å². The van der Waals surface area contributed by atoms with E-state index in [4.69, 9.17) is 4.74 Å². The highest BCUT2D eigenvalue weighted by Crippen LogP contribution is 2.33. The highest BCUT2D eigenvalue weighted by molar-refractivity contribution is 7.90. The van der Waals surface area contributed by atoms with Crippen molar-refractivity contribution < 1.29 is 22.9 Å². The molecule has 1 aromatic carbocycles. The van der Waals surface area contributed by atoms with Gasteiger partial charge >= 0.3 is 5.97 Å². The number of hydrogen-bond acceptors (Lipinski definition) is 5. The molecule has 164 valence electrons. The number of esters is 1. The third-order valence-electron chi connectivity index (χ3n) is 4.62. The van der Waals surface area contributed by atoms with Crippen LogP contribution in [-0.4, -0.2) is 27.4 Å². The highest BCUT2D eigenvalue weighted by Gasteiger charge is 2.32. The van der Waals surface area contributed by atoms with E-state index >= 15 is 0 Å². The molecule has 0 fully saturated rings. The smallest absolute Gasteiger partial charge is 0.307 e. The van der Waals surface area contributed by atoms with Crippen molar-refractivity contribution in [2.45, 2.75) is 58.3 Å². The molecule has 2 rings (SSSR count). The molecule has 8 heteroatoms.